The number of rotatable bonds is 11. The van der Waals surface area contributed by atoms with Crippen LogP contribution >= 0.6 is 7.92 Å². The molecule has 0 aliphatic rings. The molecule has 0 aliphatic heterocycles. The molecule has 0 saturated carbocycles. The fourth-order valence-electron chi connectivity index (χ4n) is 3.16. The van der Waals surface area contributed by atoms with Crippen LogP contribution in [0.2, 0.25) is 0 Å². The third-order valence-corrected chi connectivity index (χ3v) is 7.15. The Morgan fingerprint density at radius 3 is 1.76 bits per heavy atom. The van der Waals surface area contributed by atoms with Crippen LogP contribution in [0.5, 0.6) is 0 Å². The van der Waals surface area contributed by atoms with Gasteiger partial charge in [0, 0.05) is 0 Å². The fourth-order valence-corrected chi connectivity index (χ4v) is 5.75. The van der Waals surface area contributed by atoms with E-state index in [1.807, 2.05) is 0 Å². The van der Waals surface area contributed by atoms with E-state index in [9.17, 15) is 0 Å². The van der Waals surface area contributed by atoms with Crippen LogP contribution in [-0.2, 0) is 0 Å². The average Bonchev–Trinajstić information content (AvgIpc) is 2.67. The number of hydrogen-bond donors (Lipinski definition) is 0. The summed E-state index contributed by atoms with van der Waals surface area (Å²) in [7, 11) is -0.391. The molecule has 0 unspecified atom stereocenters. The van der Waals surface area contributed by atoms with Gasteiger partial charge in [-0.05, 0) is 49.5 Å². The topological polar surface area (TPSA) is 0 Å². The number of hydrogen-bond acceptors (Lipinski definition) is 0. The van der Waals surface area contributed by atoms with Crippen molar-refractivity contribution in [1.29, 1.82) is 0 Å². The molecule has 0 atom stereocenters. The highest BCUT2D eigenvalue weighted by molar-refractivity contribution is 7.76. The molecule has 0 radical (unpaired) electrons. The molecule has 134 valence electrons. The van der Waals surface area contributed by atoms with Gasteiger partial charge in [0.25, 0.3) is 0 Å². The first-order valence-corrected chi connectivity index (χ1v) is 11.3. The van der Waals surface area contributed by atoms with Crippen LogP contribution in [0.3, 0.4) is 0 Å². The molecule has 0 saturated heterocycles. The predicted octanol–water partition coefficient (Wildman–Crippen LogP) is 7.16. The van der Waals surface area contributed by atoms with Crippen molar-refractivity contribution in [3.8, 4) is 0 Å². The van der Waals surface area contributed by atoms with Gasteiger partial charge in [0.05, 0.1) is 0 Å². The summed E-state index contributed by atoms with van der Waals surface area (Å²) in [4.78, 5) is 0. The highest BCUT2D eigenvalue weighted by Gasteiger charge is 2.18. The van der Waals surface area contributed by atoms with Gasteiger partial charge >= 0.3 is 0 Å². The molecular weight excluding hydrogens is 319 g/mol. The Morgan fingerprint density at radius 1 is 0.720 bits per heavy atom. The summed E-state index contributed by atoms with van der Waals surface area (Å²) in [6.45, 7) is 4.58. The molecule has 2 aromatic rings. The van der Waals surface area contributed by atoms with Gasteiger partial charge in [-0.2, -0.15) is 0 Å². The van der Waals surface area contributed by atoms with E-state index in [0.717, 1.165) is 0 Å². The smallest absolute Gasteiger partial charge is 0.0154 e. The molecule has 1 heteroatoms. The fraction of sp³-hybridized carbons (Fsp3) is 0.417. The van der Waals surface area contributed by atoms with Crippen LogP contribution in [0.15, 0.2) is 72.1 Å². The Balaban J connectivity index is 2.30. The average molecular weight is 353 g/mol. The molecule has 0 aromatic heterocycles. The van der Waals surface area contributed by atoms with Gasteiger partial charge in [0.1, 0.15) is 0 Å². The van der Waals surface area contributed by atoms with E-state index in [1.165, 1.54) is 62.0 Å². The van der Waals surface area contributed by atoms with Gasteiger partial charge in [-0.3, -0.25) is 0 Å². The first kappa shape index (κ1) is 19.9. The lowest BCUT2D eigenvalue weighted by Crippen LogP contribution is -2.13. The SMILES string of the molecule is CCCCC/C=C(\CCCCC)P(c1ccccc1)c1ccccc1. The molecule has 2 rings (SSSR count). The lowest BCUT2D eigenvalue weighted by molar-refractivity contribution is 0.712. The Labute approximate surface area is 156 Å². The first-order valence-electron chi connectivity index (χ1n) is 9.96. The van der Waals surface area contributed by atoms with Crippen molar-refractivity contribution in [3.63, 3.8) is 0 Å². The summed E-state index contributed by atoms with van der Waals surface area (Å²) in [6.07, 6.45) is 12.9. The Kier molecular flexibility index (Phi) is 9.60. The van der Waals surface area contributed by atoms with Gasteiger partial charge in [-0.15, -0.1) is 0 Å². The third-order valence-electron chi connectivity index (χ3n) is 4.54. The molecule has 0 N–H and O–H groups in total. The Hall–Kier alpha value is -1.39. The maximum Gasteiger partial charge on any atom is -0.0154 e. The second-order valence-corrected chi connectivity index (χ2v) is 8.93. The van der Waals surface area contributed by atoms with Crippen LogP contribution in [0.4, 0.5) is 0 Å². The minimum atomic E-state index is -0.391. The lowest BCUT2D eigenvalue weighted by Gasteiger charge is -2.23. The van der Waals surface area contributed by atoms with Crippen molar-refractivity contribution in [3.05, 3.63) is 72.1 Å². The van der Waals surface area contributed by atoms with Gasteiger partial charge in [-0.1, -0.05) is 106 Å². The van der Waals surface area contributed by atoms with Gasteiger partial charge < -0.3 is 0 Å². The van der Waals surface area contributed by atoms with Gasteiger partial charge in [0.15, 0.2) is 0 Å². The maximum absolute atomic E-state index is 2.58. The van der Waals surface area contributed by atoms with Crippen molar-refractivity contribution in [1.82, 2.24) is 0 Å². The van der Waals surface area contributed by atoms with Crippen LogP contribution in [-0.4, -0.2) is 0 Å². The van der Waals surface area contributed by atoms with Gasteiger partial charge in [0.2, 0.25) is 0 Å². The van der Waals surface area contributed by atoms with Crippen molar-refractivity contribution in [2.75, 3.05) is 0 Å². The minimum absolute atomic E-state index is 0.391. The summed E-state index contributed by atoms with van der Waals surface area (Å²) in [5.41, 5.74) is 0. The van der Waals surface area contributed by atoms with Crippen LogP contribution in [0.1, 0.15) is 65.2 Å². The lowest BCUT2D eigenvalue weighted by atomic mass is 10.1. The number of benzene rings is 2. The van der Waals surface area contributed by atoms with E-state index in [4.69, 9.17) is 0 Å². The highest BCUT2D eigenvalue weighted by Crippen LogP contribution is 2.45. The van der Waals surface area contributed by atoms with Crippen LogP contribution < -0.4 is 10.6 Å². The van der Waals surface area contributed by atoms with E-state index in [2.05, 4.69) is 80.6 Å². The zero-order valence-electron chi connectivity index (χ0n) is 16.0. The number of unbranched alkanes of at least 4 members (excludes halogenated alkanes) is 5. The molecule has 0 spiro atoms. The molecule has 0 aliphatic carbocycles. The predicted molar refractivity (Wildman–Crippen MR) is 115 cm³/mol. The Morgan fingerprint density at radius 2 is 1.24 bits per heavy atom. The Bertz CT molecular complexity index is 561. The summed E-state index contributed by atoms with van der Waals surface area (Å²) in [6, 6.07) is 22.3. The molecule has 25 heavy (non-hydrogen) atoms. The zero-order chi connectivity index (χ0) is 17.7. The molecule has 0 amide bonds. The van der Waals surface area contributed by atoms with Gasteiger partial charge in [-0.25, -0.2) is 0 Å². The van der Waals surface area contributed by atoms with Crippen molar-refractivity contribution in [2.24, 2.45) is 0 Å². The molecular formula is C24H33P. The summed E-state index contributed by atoms with van der Waals surface area (Å²) >= 11 is 0. The van der Waals surface area contributed by atoms with E-state index >= 15 is 0 Å². The van der Waals surface area contributed by atoms with Crippen molar-refractivity contribution in [2.45, 2.75) is 65.2 Å². The van der Waals surface area contributed by atoms with E-state index in [-0.39, 0.29) is 0 Å². The maximum atomic E-state index is 2.58. The zero-order valence-corrected chi connectivity index (χ0v) is 16.8. The van der Waals surface area contributed by atoms with Crippen LogP contribution in [0, 0.1) is 0 Å². The molecule has 0 heterocycles. The van der Waals surface area contributed by atoms with E-state index < -0.39 is 7.92 Å². The largest absolute Gasteiger partial charge is 0.0802 e. The molecule has 0 fully saturated rings. The van der Waals surface area contributed by atoms with E-state index in [0.29, 0.717) is 0 Å². The number of allylic oxidation sites excluding steroid dienone is 2. The second-order valence-electron chi connectivity index (χ2n) is 6.65. The van der Waals surface area contributed by atoms with Crippen molar-refractivity contribution < 1.29 is 0 Å². The highest BCUT2D eigenvalue weighted by atomic mass is 31.1. The quantitative estimate of drug-likeness (QED) is 0.297. The summed E-state index contributed by atoms with van der Waals surface area (Å²) in [5, 5.41) is 4.65. The van der Waals surface area contributed by atoms with E-state index in [1.54, 1.807) is 5.31 Å². The molecule has 0 bridgehead atoms. The summed E-state index contributed by atoms with van der Waals surface area (Å²) in [5.74, 6) is 0. The molecule has 0 nitrogen and oxygen atoms in total. The molecule has 2 aromatic carbocycles. The van der Waals surface area contributed by atoms with Crippen LogP contribution in [0.25, 0.3) is 0 Å². The van der Waals surface area contributed by atoms with Crippen molar-refractivity contribution >= 4 is 18.5 Å². The second kappa shape index (κ2) is 12.0. The monoisotopic (exact) mass is 352 g/mol. The standard InChI is InChI=1S/C24H33P/c1-3-5-7-11-17-22(16-10-6-4-2)25(23-18-12-8-13-19-23)24-20-14-9-15-21-24/h8-9,12-15,17-21H,3-7,10-11,16H2,1-2H3/b22-17+. The third kappa shape index (κ3) is 6.79. The minimum Gasteiger partial charge on any atom is -0.0802 e. The normalized spacial score (nSPS) is 11.9. The first-order chi connectivity index (χ1) is 12.4. The summed E-state index contributed by atoms with van der Waals surface area (Å²) < 4.78 is 0.